The van der Waals surface area contributed by atoms with E-state index in [4.69, 9.17) is 0 Å². The molecule has 2 heterocycles. The average Bonchev–Trinajstić information content (AvgIpc) is 2.21. The highest BCUT2D eigenvalue weighted by Crippen LogP contribution is 1.85. The minimum atomic E-state index is -0.428. The van der Waals surface area contributed by atoms with Gasteiger partial charge in [0.05, 0.1) is 0 Å². The lowest BCUT2D eigenvalue weighted by Crippen LogP contribution is -2.05. The van der Waals surface area contributed by atoms with Gasteiger partial charge in [0.15, 0.2) is 0 Å². The Morgan fingerprint density at radius 2 is 1.93 bits per heavy atom. The molecule has 0 aliphatic rings. The molecule has 0 atom stereocenters. The zero-order chi connectivity index (χ0) is 10.2. The number of nitrogens with one attached hydrogen (secondary N) is 1. The van der Waals surface area contributed by atoms with Gasteiger partial charge in [0.2, 0.25) is 5.95 Å². The maximum absolute atomic E-state index is 11.8. The smallest absolute Gasteiger partial charge is 0.313 e. The Labute approximate surface area is 79.5 Å². The van der Waals surface area contributed by atoms with E-state index in [1.807, 2.05) is 0 Å². The van der Waals surface area contributed by atoms with Crippen molar-refractivity contribution in [3.63, 3.8) is 0 Å². The molecule has 2 aromatic heterocycles. The molecule has 0 fully saturated rings. The molecule has 2 rings (SSSR count). The summed E-state index contributed by atoms with van der Waals surface area (Å²) < 4.78 is 11.8. The molecule has 0 amide bonds. The van der Waals surface area contributed by atoms with Gasteiger partial charge in [-0.3, -0.25) is 0 Å². The predicted octanol–water partition coefficient (Wildman–Crippen LogP) is 0.991. The second kappa shape index (κ2) is 5.58. The third-order valence-electron chi connectivity index (χ3n) is 1.21. The summed E-state index contributed by atoms with van der Waals surface area (Å²) in [5.74, 6) is -0.428. The number of aromatic nitrogens is 3. The van der Waals surface area contributed by atoms with Crippen LogP contribution in [0.2, 0.25) is 0 Å². The topological polar surface area (TPSA) is 58.6 Å². The van der Waals surface area contributed by atoms with Crippen molar-refractivity contribution in [1.82, 2.24) is 15.0 Å². The summed E-state index contributed by atoms with van der Waals surface area (Å²) in [6.45, 7) is 0. The molecule has 4 nitrogen and oxygen atoms in total. The molecule has 0 aromatic carbocycles. The molecule has 0 bridgehead atoms. The number of nitrogens with zero attached hydrogens (tertiary/aromatic N) is 2. The Kier molecular flexibility index (Phi) is 4.00. The Bertz CT molecular complexity index is 398. The number of hydrogen-bond donors (Lipinski definition) is 1. The Morgan fingerprint density at radius 3 is 2.21 bits per heavy atom. The molecule has 5 heteroatoms. The predicted molar refractivity (Wildman–Crippen MR) is 49.1 cm³/mol. The summed E-state index contributed by atoms with van der Waals surface area (Å²) in [5, 5.41) is 0. The fourth-order valence-corrected chi connectivity index (χ4v) is 0.652. The van der Waals surface area contributed by atoms with Crippen LogP contribution in [-0.4, -0.2) is 15.0 Å². The van der Waals surface area contributed by atoms with E-state index in [0.717, 1.165) is 0 Å². The van der Waals surface area contributed by atoms with Crippen molar-refractivity contribution in [2.45, 2.75) is 0 Å². The Morgan fingerprint density at radius 1 is 1.14 bits per heavy atom. The van der Waals surface area contributed by atoms with E-state index in [0.29, 0.717) is 0 Å². The molecule has 0 aliphatic carbocycles. The molecular formula is C9H8FN3O. The summed E-state index contributed by atoms with van der Waals surface area (Å²) in [7, 11) is 0. The molecule has 0 aliphatic heterocycles. The zero-order valence-corrected chi connectivity index (χ0v) is 7.22. The number of halogens is 1. The van der Waals surface area contributed by atoms with Crippen LogP contribution in [0.3, 0.4) is 0 Å². The van der Waals surface area contributed by atoms with E-state index in [-0.39, 0.29) is 5.69 Å². The molecule has 0 saturated carbocycles. The third-order valence-corrected chi connectivity index (χ3v) is 1.21. The number of hydrogen-bond acceptors (Lipinski definition) is 3. The summed E-state index contributed by atoms with van der Waals surface area (Å²) in [6.07, 6.45) is 4.39. The van der Waals surface area contributed by atoms with Gasteiger partial charge in [-0.15, -0.1) is 0 Å². The first-order valence-corrected chi connectivity index (χ1v) is 3.85. The van der Waals surface area contributed by atoms with E-state index in [9.17, 15) is 9.18 Å². The van der Waals surface area contributed by atoms with Crippen LogP contribution in [0.1, 0.15) is 0 Å². The van der Waals surface area contributed by atoms with Crippen LogP contribution in [0, 0.1) is 5.95 Å². The van der Waals surface area contributed by atoms with Crippen LogP contribution in [0.15, 0.2) is 47.7 Å². The van der Waals surface area contributed by atoms with Gasteiger partial charge in [0, 0.05) is 18.6 Å². The third kappa shape index (κ3) is 4.10. The first-order chi connectivity index (χ1) is 6.79. The van der Waals surface area contributed by atoms with E-state index in [1.165, 1.54) is 24.7 Å². The van der Waals surface area contributed by atoms with Gasteiger partial charge in [0.25, 0.3) is 0 Å². The van der Waals surface area contributed by atoms with Crippen molar-refractivity contribution in [3.8, 4) is 0 Å². The number of aromatic amines is 1. The highest BCUT2D eigenvalue weighted by atomic mass is 19.1. The minimum absolute atomic E-state index is 0.303. The molecule has 0 spiro atoms. The first-order valence-electron chi connectivity index (χ1n) is 3.85. The molecule has 0 radical (unpaired) electrons. The molecule has 0 unspecified atom stereocenters. The fraction of sp³-hybridized carbons (Fsp3) is 0. The highest BCUT2D eigenvalue weighted by Gasteiger charge is 1.78. The van der Waals surface area contributed by atoms with Crippen molar-refractivity contribution in [2.24, 2.45) is 0 Å². The van der Waals surface area contributed by atoms with Crippen molar-refractivity contribution in [3.05, 3.63) is 59.3 Å². The van der Waals surface area contributed by atoms with Gasteiger partial charge in [-0.25, -0.2) is 14.8 Å². The van der Waals surface area contributed by atoms with Crippen LogP contribution >= 0.6 is 0 Å². The van der Waals surface area contributed by atoms with Crippen molar-refractivity contribution in [2.75, 3.05) is 0 Å². The van der Waals surface area contributed by atoms with Crippen molar-refractivity contribution in [1.29, 1.82) is 0 Å². The van der Waals surface area contributed by atoms with Crippen LogP contribution in [-0.2, 0) is 0 Å². The fourth-order valence-electron chi connectivity index (χ4n) is 0.652. The van der Waals surface area contributed by atoms with Crippen molar-refractivity contribution >= 4 is 0 Å². The summed E-state index contributed by atoms with van der Waals surface area (Å²) in [6, 6.07) is 6.23. The Hall–Kier alpha value is -2.04. The molecule has 0 saturated heterocycles. The monoisotopic (exact) mass is 193 g/mol. The minimum Gasteiger partial charge on any atom is -0.313 e. The van der Waals surface area contributed by atoms with E-state index < -0.39 is 5.95 Å². The first kappa shape index (κ1) is 10.0. The lowest BCUT2D eigenvalue weighted by atomic mass is 10.5. The number of rotatable bonds is 0. The largest absolute Gasteiger partial charge is 0.344 e. The van der Waals surface area contributed by atoms with Gasteiger partial charge in [-0.2, -0.15) is 4.39 Å². The highest BCUT2D eigenvalue weighted by molar-refractivity contribution is 4.90. The molecule has 1 N–H and O–H groups in total. The van der Waals surface area contributed by atoms with Gasteiger partial charge >= 0.3 is 5.69 Å². The average molecular weight is 193 g/mol. The second-order valence-corrected chi connectivity index (χ2v) is 2.24. The maximum atomic E-state index is 11.8. The van der Waals surface area contributed by atoms with E-state index >= 15 is 0 Å². The quantitative estimate of drug-likeness (QED) is 0.635. The van der Waals surface area contributed by atoms with Crippen molar-refractivity contribution < 1.29 is 4.39 Å². The summed E-state index contributed by atoms with van der Waals surface area (Å²) in [5.41, 5.74) is -0.303. The normalized spacial score (nSPS) is 8.64. The Balaban J connectivity index is 0.000000140. The summed E-state index contributed by atoms with van der Waals surface area (Å²) >= 11 is 0. The van der Waals surface area contributed by atoms with Gasteiger partial charge in [-0.1, -0.05) is 6.07 Å². The molecule has 2 aromatic rings. The SMILES string of the molecule is Fc1ccccn1.O=c1nccc[nH]1. The number of H-pyrrole nitrogens is 1. The van der Waals surface area contributed by atoms with Crippen LogP contribution in [0.4, 0.5) is 4.39 Å². The zero-order valence-electron chi connectivity index (χ0n) is 7.22. The number of pyridine rings is 1. The second-order valence-electron chi connectivity index (χ2n) is 2.24. The van der Waals surface area contributed by atoms with E-state index in [2.05, 4.69) is 15.0 Å². The summed E-state index contributed by atoms with van der Waals surface area (Å²) in [4.78, 5) is 19.1. The van der Waals surface area contributed by atoms with Gasteiger partial charge in [-0.05, 0) is 18.2 Å². The lowest BCUT2D eigenvalue weighted by molar-refractivity contribution is 0.584. The van der Waals surface area contributed by atoms with E-state index in [1.54, 1.807) is 18.2 Å². The lowest BCUT2D eigenvalue weighted by Gasteiger charge is -1.78. The van der Waals surface area contributed by atoms with Gasteiger partial charge in [0.1, 0.15) is 0 Å². The van der Waals surface area contributed by atoms with Crippen LogP contribution < -0.4 is 5.69 Å². The van der Waals surface area contributed by atoms with Crippen LogP contribution in [0.25, 0.3) is 0 Å². The van der Waals surface area contributed by atoms with Crippen LogP contribution in [0.5, 0.6) is 0 Å². The van der Waals surface area contributed by atoms with Gasteiger partial charge < -0.3 is 4.98 Å². The molecule has 14 heavy (non-hydrogen) atoms. The molecular weight excluding hydrogens is 185 g/mol. The maximum Gasteiger partial charge on any atom is 0.344 e. The molecule has 72 valence electrons. The standard InChI is InChI=1S/C5H4FN.C4H4N2O/c6-5-3-1-2-4-7-5;7-4-5-2-1-3-6-4/h1-4H;1-3H,(H,5,6,7).